The highest BCUT2D eigenvalue weighted by Gasteiger charge is 2.37. The van der Waals surface area contributed by atoms with Gasteiger partial charge in [0.15, 0.2) is 5.03 Å². The van der Waals surface area contributed by atoms with Gasteiger partial charge < -0.3 is 14.8 Å². The van der Waals surface area contributed by atoms with E-state index in [0.717, 1.165) is 13.0 Å². The van der Waals surface area contributed by atoms with Gasteiger partial charge in [-0.25, -0.2) is 13.4 Å². The number of aromatic amines is 1. The predicted molar refractivity (Wildman–Crippen MR) is 115 cm³/mol. The summed E-state index contributed by atoms with van der Waals surface area (Å²) in [4.78, 5) is 24.0. The normalized spacial score (nSPS) is 23.5. The number of imidazole rings is 1. The van der Waals surface area contributed by atoms with Crippen LogP contribution in [0.1, 0.15) is 25.3 Å². The second-order valence-electron chi connectivity index (χ2n) is 8.28. The smallest absolute Gasteiger partial charge is 0.260 e. The van der Waals surface area contributed by atoms with Gasteiger partial charge in [-0.05, 0) is 44.4 Å². The van der Waals surface area contributed by atoms with Crippen molar-refractivity contribution in [3.63, 3.8) is 0 Å². The predicted octanol–water partition coefficient (Wildman–Crippen LogP) is 1.86. The number of rotatable bonds is 4. The highest BCUT2D eigenvalue weighted by molar-refractivity contribution is 7.89. The fraction of sp³-hybridized carbons (Fsp3) is 0.524. The molecule has 9 heteroatoms. The van der Waals surface area contributed by atoms with E-state index in [4.69, 9.17) is 0 Å². The Morgan fingerprint density at radius 2 is 2.03 bits per heavy atom. The Morgan fingerprint density at radius 3 is 2.73 bits per heavy atom. The molecule has 162 valence electrons. The van der Waals surface area contributed by atoms with Gasteiger partial charge in [0.2, 0.25) is 5.91 Å². The van der Waals surface area contributed by atoms with Gasteiger partial charge >= 0.3 is 0 Å². The van der Waals surface area contributed by atoms with E-state index in [1.165, 1.54) is 28.1 Å². The van der Waals surface area contributed by atoms with Crippen LogP contribution in [0.2, 0.25) is 0 Å². The molecule has 0 spiro atoms. The second kappa shape index (κ2) is 8.39. The van der Waals surface area contributed by atoms with Crippen molar-refractivity contribution in [2.75, 3.05) is 37.6 Å². The minimum absolute atomic E-state index is 0.0650. The van der Waals surface area contributed by atoms with E-state index < -0.39 is 10.0 Å². The number of H-pyrrole nitrogens is 1. The summed E-state index contributed by atoms with van der Waals surface area (Å²) < 4.78 is 27.0. The van der Waals surface area contributed by atoms with Crippen LogP contribution >= 0.6 is 0 Å². The Hall–Kier alpha value is -2.39. The third kappa shape index (κ3) is 4.09. The van der Waals surface area contributed by atoms with E-state index >= 15 is 0 Å². The average Bonchev–Trinajstić information content (AvgIpc) is 3.29. The number of piperidine rings is 1. The molecule has 1 N–H and O–H groups in total. The Balaban J connectivity index is 1.41. The summed E-state index contributed by atoms with van der Waals surface area (Å²) in [6.45, 7) is 6.96. The third-order valence-electron chi connectivity index (χ3n) is 6.10. The molecular weight excluding hydrogens is 402 g/mol. The molecule has 30 heavy (non-hydrogen) atoms. The van der Waals surface area contributed by atoms with E-state index in [0.29, 0.717) is 26.1 Å². The number of piperazine rings is 1. The van der Waals surface area contributed by atoms with Crippen molar-refractivity contribution in [3.8, 4) is 0 Å². The van der Waals surface area contributed by atoms with Crippen LogP contribution in [-0.2, 0) is 14.8 Å². The fourth-order valence-corrected chi connectivity index (χ4v) is 5.91. The Morgan fingerprint density at radius 1 is 1.20 bits per heavy atom. The zero-order valence-electron chi connectivity index (χ0n) is 17.5. The Bertz CT molecular complexity index is 992. The van der Waals surface area contributed by atoms with Gasteiger partial charge in [-0.15, -0.1) is 0 Å². The van der Waals surface area contributed by atoms with Crippen LogP contribution < -0.4 is 4.90 Å². The van der Waals surface area contributed by atoms with Crippen molar-refractivity contribution >= 4 is 21.6 Å². The zero-order chi connectivity index (χ0) is 21.3. The van der Waals surface area contributed by atoms with Crippen molar-refractivity contribution in [1.82, 2.24) is 19.2 Å². The minimum Gasteiger partial charge on any atom is -0.365 e. The van der Waals surface area contributed by atoms with Crippen molar-refractivity contribution < 1.29 is 13.2 Å². The third-order valence-corrected chi connectivity index (χ3v) is 7.89. The number of carbonyl (C=O) groups is 1. The summed E-state index contributed by atoms with van der Waals surface area (Å²) in [6.07, 6.45) is 4.07. The average molecular weight is 432 g/mol. The summed E-state index contributed by atoms with van der Waals surface area (Å²) in [7, 11) is -3.64. The minimum atomic E-state index is -3.64. The SMILES string of the molecule is Cc1cccc(N2CCN(C(=O)[C@H]3CCCN(S(=O)(=O)c4cnc[nH]4)C3)C[C@H]2C)c1. The highest BCUT2D eigenvalue weighted by atomic mass is 32.2. The Labute approximate surface area is 177 Å². The molecule has 1 aromatic heterocycles. The molecule has 0 aliphatic carbocycles. The fourth-order valence-electron chi connectivity index (χ4n) is 4.49. The van der Waals surface area contributed by atoms with Crippen molar-refractivity contribution in [1.29, 1.82) is 0 Å². The molecule has 2 fully saturated rings. The molecule has 1 aromatic carbocycles. The number of carbonyl (C=O) groups excluding carboxylic acids is 1. The van der Waals surface area contributed by atoms with Crippen LogP contribution in [0.15, 0.2) is 41.8 Å². The quantitative estimate of drug-likeness (QED) is 0.798. The summed E-state index contributed by atoms with van der Waals surface area (Å²) in [5, 5.41) is 0.0796. The van der Waals surface area contributed by atoms with Gasteiger partial charge in [0.05, 0.1) is 18.4 Å². The van der Waals surface area contributed by atoms with Gasteiger partial charge in [0.25, 0.3) is 10.0 Å². The zero-order valence-corrected chi connectivity index (χ0v) is 18.3. The number of nitrogens with one attached hydrogen (secondary N) is 1. The van der Waals surface area contributed by atoms with Crippen LogP contribution in [-0.4, -0.2) is 72.3 Å². The van der Waals surface area contributed by atoms with E-state index in [1.54, 1.807) is 0 Å². The number of amides is 1. The molecule has 2 aliphatic rings. The number of hydrogen-bond donors (Lipinski definition) is 1. The number of aromatic nitrogens is 2. The maximum Gasteiger partial charge on any atom is 0.260 e. The first-order valence-electron chi connectivity index (χ1n) is 10.5. The highest BCUT2D eigenvalue weighted by Crippen LogP contribution is 2.26. The summed E-state index contributed by atoms with van der Waals surface area (Å²) in [5.74, 6) is -0.232. The van der Waals surface area contributed by atoms with Crippen LogP contribution in [0.3, 0.4) is 0 Å². The van der Waals surface area contributed by atoms with Crippen LogP contribution in [0.25, 0.3) is 0 Å². The maximum absolute atomic E-state index is 13.2. The largest absolute Gasteiger partial charge is 0.365 e. The monoisotopic (exact) mass is 431 g/mol. The van der Waals surface area contributed by atoms with Crippen molar-refractivity contribution in [2.45, 2.75) is 37.8 Å². The second-order valence-corrected chi connectivity index (χ2v) is 10.2. The molecular formula is C21H29N5O3S. The van der Waals surface area contributed by atoms with Gasteiger partial charge in [0, 0.05) is 44.5 Å². The molecule has 2 aliphatic heterocycles. The molecule has 0 unspecified atom stereocenters. The molecule has 2 aromatic rings. The van der Waals surface area contributed by atoms with E-state index in [2.05, 4.69) is 53.0 Å². The van der Waals surface area contributed by atoms with Crippen molar-refractivity contribution in [2.24, 2.45) is 5.92 Å². The van der Waals surface area contributed by atoms with Crippen LogP contribution in [0, 0.1) is 12.8 Å². The van der Waals surface area contributed by atoms with Gasteiger partial charge in [0.1, 0.15) is 0 Å². The molecule has 4 rings (SSSR count). The lowest BCUT2D eigenvalue weighted by Gasteiger charge is -2.43. The standard InChI is InChI=1S/C21H29N5O3S/c1-16-5-3-7-19(11-16)26-10-9-24(13-17(26)2)21(27)18-6-4-8-25(14-18)30(28,29)20-12-22-15-23-20/h3,5,7,11-12,15,17-18H,4,6,8-10,13-14H2,1-2H3,(H,22,23)/t17-,18+/m1/s1. The van der Waals surface area contributed by atoms with Crippen molar-refractivity contribution in [3.05, 3.63) is 42.4 Å². The molecule has 1 amide bonds. The van der Waals surface area contributed by atoms with Crippen LogP contribution in [0.5, 0.6) is 0 Å². The number of aryl methyl sites for hydroxylation is 1. The van der Waals surface area contributed by atoms with Gasteiger partial charge in [-0.1, -0.05) is 12.1 Å². The molecule has 0 bridgehead atoms. The van der Waals surface area contributed by atoms with E-state index in [9.17, 15) is 13.2 Å². The number of anilines is 1. The van der Waals surface area contributed by atoms with E-state index in [-0.39, 0.29) is 29.4 Å². The van der Waals surface area contributed by atoms with Gasteiger partial charge in [-0.3, -0.25) is 4.79 Å². The van der Waals surface area contributed by atoms with E-state index in [1.807, 2.05) is 4.90 Å². The maximum atomic E-state index is 13.2. The van der Waals surface area contributed by atoms with Crippen LogP contribution in [0.4, 0.5) is 5.69 Å². The lowest BCUT2D eigenvalue weighted by molar-refractivity contribution is -0.137. The first kappa shape index (κ1) is 20.9. The summed E-state index contributed by atoms with van der Waals surface area (Å²) >= 11 is 0. The Kier molecular flexibility index (Phi) is 5.84. The summed E-state index contributed by atoms with van der Waals surface area (Å²) in [5.41, 5.74) is 2.41. The first-order valence-corrected chi connectivity index (χ1v) is 11.9. The number of hydrogen-bond acceptors (Lipinski definition) is 5. The number of nitrogens with zero attached hydrogens (tertiary/aromatic N) is 4. The number of benzene rings is 1. The first-order chi connectivity index (χ1) is 14.4. The molecule has 2 atom stereocenters. The molecule has 2 saturated heterocycles. The lowest BCUT2D eigenvalue weighted by Crippen LogP contribution is -2.56. The number of sulfonamides is 1. The summed E-state index contributed by atoms with van der Waals surface area (Å²) in [6, 6.07) is 8.64. The topological polar surface area (TPSA) is 89.6 Å². The lowest BCUT2D eigenvalue weighted by atomic mass is 9.97. The molecule has 0 saturated carbocycles. The molecule has 8 nitrogen and oxygen atoms in total. The molecule has 3 heterocycles. The molecule has 0 radical (unpaired) electrons. The van der Waals surface area contributed by atoms with Gasteiger partial charge in [-0.2, -0.15) is 4.31 Å².